The van der Waals surface area contributed by atoms with Crippen molar-refractivity contribution in [1.82, 2.24) is 9.88 Å². The third-order valence-corrected chi connectivity index (χ3v) is 10.4. The molecule has 5 nitrogen and oxygen atoms in total. The van der Waals surface area contributed by atoms with Gasteiger partial charge in [0.2, 0.25) is 0 Å². The Hall–Kier alpha value is -0.480. The van der Waals surface area contributed by atoms with E-state index >= 15 is 0 Å². The van der Waals surface area contributed by atoms with Gasteiger partial charge in [-0.1, -0.05) is 27.5 Å². The number of hydrogen-bond acceptors (Lipinski definition) is 5. The van der Waals surface area contributed by atoms with Crippen molar-refractivity contribution in [3.05, 3.63) is 49.8 Å². The first kappa shape index (κ1) is 18.3. The summed E-state index contributed by atoms with van der Waals surface area (Å²) in [5, 5.41) is 2.56. The highest BCUT2D eigenvalue weighted by molar-refractivity contribution is 9.11. The zero-order chi connectivity index (χ0) is 17.5. The minimum Gasteiger partial charge on any atom is -0.335 e. The van der Waals surface area contributed by atoms with E-state index in [2.05, 4.69) is 36.8 Å². The molecule has 0 radical (unpaired) electrons. The molecule has 0 spiro atoms. The molecular formula is C14H11Br2ClN2O3S2. The highest BCUT2D eigenvalue weighted by Gasteiger charge is 2.50. The van der Waals surface area contributed by atoms with Crippen LogP contribution in [0.2, 0.25) is 5.02 Å². The number of carbonyl (C=O) groups is 1. The second-order valence-corrected chi connectivity index (χ2v) is 11.6. The van der Waals surface area contributed by atoms with Gasteiger partial charge in [-0.2, -0.15) is 0 Å². The molecule has 1 aliphatic rings. The average Bonchev–Trinajstić information content (AvgIpc) is 3.07. The molecule has 1 aliphatic heterocycles. The van der Waals surface area contributed by atoms with Gasteiger partial charge in [0.15, 0.2) is 13.5 Å². The highest BCUT2D eigenvalue weighted by atomic mass is 79.9. The molecule has 2 aromatic rings. The number of hydrogen-bond donors (Lipinski definition) is 0. The van der Waals surface area contributed by atoms with E-state index in [1.807, 2.05) is 0 Å². The predicted octanol–water partition coefficient (Wildman–Crippen LogP) is 3.68. The van der Waals surface area contributed by atoms with Crippen LogP contribution in [0, 0.1) is 0 Å². The molecule has 1 aromatic heterocycles. The summed E-state index contributed by atoms with van der Waals surface area (Å²) in [5.41, 5.74) is 0.413. The van der Waals surface area contributed by atoms with Crippen molar-refractivity contribution in [1.29, 1.82) is 0 Å². The van der Waals surface area contributed by atoms with Crippen molar-refractivity contribution < 1.29 is 13.2 Å². The monoisotopic (exact) mass is 512 g/mol. The molecule has 2 heterocycles. The first-order valence-electron chi connectivity index (χ1n) is 6.80. The number of alkyl halides is 1. The maximum absolute atomic E-state index is 12.8. The van der Waals surface area contributed by atoms with Gasteiger partial charge in [-0.25, -0.2) is 13.4 Å². The van der Waals surface area contributed by atoms with Gasteiger partial charge in [0.1, 0.15) is 5.01 Å². The SMILES string of the molecule is O=C(c1ccc(Br)c(Cl)c1)N1CCS(=O)(=O)[C@](Br)(c2nccs2)C1. The van der Waals surface area contributed by atoms with E-state index in [0.29, 0.717) is 20.1 Å². The normalized spacial score (nSPS) is 23.2. The highest BCUT2D eigenvalue weighted by Crippen LogP contribution is 2.42. The standard InChI is InChI=1S/C14H11Br2ClN2O3S2/c15-10-2-1-9(7-11(10)17)12(20)19-4-6-24(21,22)14(16,8-19)13-18-3-5-23-13/h1-3,5,7H,4,6,8H2/t14-/m0/s1. The van der Waals surface area contributed by atoms with Crippen LogP contribution < -0.4 is 0 Å². The van der Waals surface area contributed by atoms with Crippen LogP contribution in [0.5, 0.6) is 0 Å². The van der Waals surface area contributed by atoms with Gasteiger partial charge < -0.3 is 4.90 Å². The predicted molar refractivity (Wildman–Crippen MR) is 102 cm³/mol. The number of carbonyl (C=O) groups excluding carboxylic acids is 1. The van der Waals surface area contributed by atoms with E-state index in [1.165, 1.54) is 16.2 Å². The van der Waals surface area contributed by atoms with Crippen LogP contribution in [0.3, 0.4) is 0 Å². The van der Waals surface area contributed by atoms with Crippen molar-refractivity contribution >= 4 is 70.5 Å². The van der Waals surface area contributed by atoms with Gasteiger partial charge in [-0.05, 0) is 34.1 Å². The fraction of sp³-hybridized carbons (Fsp3) is 0.286. The molecule has 10 heteroatoms. The molecule has 0 saturated carbocycles. The molecule has 1 fully saturated rings. The summed E-state index contributed by atoms with van der Waals surface area (Å²) in [4.78, 5) is 18.4. The number of halogens is 3. The lowest BCUT2D eigenvalue weighted by Crippen LogP contribution is -2.52. The Labute approximate surface area is 165 Å². The van der Waals surface area contributed by atoms with Crippen LogP contribution in [0.25, 0.3) is 0 Å². The van der Waals surface area contributed by atoms with Crippen LogP contribution in [-0.2, 0) is 13.5 Å². The smallest absolute Gasteiger partial charge is 0.254 e. The molecule has 0 aliphatic carbocycles. The lowest BCUT2D eigenvalue weighted by atomic mass is 10.2. The van der Waals surface area contributed by atoms with Crippen LogP contribution in [0.4, 0.5) is 0 Å². The van der Waals surface area contributed by atoms with Crippen molar-refractivity contribution in [2.24, 2.45) is 0 Å². The first-order valence-corrected chi connectivity index (χ1v) is 11.3. The molecule has 1 atom stereocenters. The Kier molecular flexibility index (Phi) is 5.10. The molecule has 0 N–H and O–H groups in total. The van der Waals surface area contributed by atoms with Crippen molar-refractivity contribution in [2.45, 2.75) is 3.66 Å². The quantitative estimate of drug-likeness (QED) is 0.574. The zero-order valence-corrected chi connectivity index (χ0v) is 17.6. The summed E-state index contributed by atoms with van der Waals surface area (Å²) >= 11 is 13.9. The van der Waals surface area contributed by atoms with E-state index in [-0.39, 0.29) is 24.7 Å². The van der Waals surface area contributed by atoms with E-state index in [9.17, 15) is 13.2 Å². The van der Waals surface area contributed by atoms with Crippen LogP contribution >= 0.6 is 54.8 Å². The minimum atomic E-state index is -3.47. The van der Waals surface area contributed by atoms with Gasteiger partial charge in [0.05, 0.1) is 17.3 Å². The largest absolute Gasteiger partial charge is 0.335 e. The number of aromatic nitrogens is 1. The Morgan fingerprint density at radius 3 is 2.79 bits per heavy atom. The third-order valence-electron chi connectivity index (χ3n) is 3.72. The summed E-state index contributed by atoms with van der Waals surface area (Å²) in [6.45, 7) is 0.128. The molecule has 3 rings (SSSR count). The summed E-state index contributed by atoms with van der Waals surface area (Å²) < 4.78 is 24.4. The number of benzene rings is 1. The second kappa shape index (κ2) is 6.68. The average molecular weight is 515 g/mol. The Balaban J connectivity index is 1.93. The molecule has 1 aromatic carbocycles. The van der Waals surface area contributed by atoms with Gasteiger partial charge in [0, 0.05) is 28.2 Å². The summed E-state index contributed by atoms with van der Waals surface area (Å²) in [7, 11) is -3.47. The minimum absolute atomic E-state index is 0.00460. The van der Waals surface area contributed by atoms with E-state index in [4.69, 9.17) is 11.6 Å². The maximum atomic E-state index is 12.8. The third kappa shape index (κ3) is 3.16. The van der Waals surface area contributed by atoms with Gasteiger partial charge in [0.25, 0.3) is 5.91 Å². The maximum Gasteiger partial charge on any atom is 0.254 e. The van der Waals surface area contributed by atoms with Crippen molar-refractivity contribution in [3.63, 3.8) is 0 Å². The number of thiazole rings is 1. The number of nitrogens with zero attached hydrogens (tertiary/aromatic N) is 2. The Bertz CT molecular complexity index is 889. The second-order valence-electron chi connectivity index (χ2n) is 5.24. The molecule has 0 unspecified atom stereocenters. The van der Waals surface area contributed by atoms with Gasteiger partial charge in [-0.15, -0.1) is 11.3 Å². The molecular weight excluding hydrogens is 504 g/mol. The van der Waals surface area contributed by atoms with Crippen molar-refractivity contribution in [2.75, 3.05) is 18.8 Å². The topological polar surface area (TPSA) is 67.3 Å². The van der Waals surface area contributed by atoms with Gasteiger partial charge in [-0.3, -0.25) is 4.79 Å². The van der Waals surface area contributed by atoms with E-state index < -0.39 is 13.5 Å². The van der Waals surface area contributed by atoms with Crippen molar-refractivity contribution in [3.8, 4) is 0 Å². The number of sulfone groups is 1. The van der Waals surface area contributed by atoms with Gasteiger partial charge >= 0.3 is 0 Å². The van der Waals surface area contributed by atoms with Crippen LogP contribution in [0.15, 0.2) is 34.2 Å². The molecule has 1 saturated heterocycles. The molecule has 1 amide bonds. The molecule has 24 heavy (non-hydrogen) atoms. The molecule has 0 bridgehead atoms. The van der Waals surface area contributed by atoms with E-state index in [0.717, 1.165) is 0 Å². The number of rotatable bonds is 2. The fourth-order valence-corrected chi connectivity index (χ4v) is 6.60. The Morgan fingerprint density at radius 1 is 1.42 bits per heavy atom. The first-order chi connectivity index (χ1) is 11.2. The fourth-order valence-electron chi connectivity index (χ4n) is 2.41. The lowest BCUT2D eigenvalue weighted by Gasteiger charge is -2.37. The Morgan fingerprint density at radius 2 is 2.17 bits per heavy atom. The van der Waals surface area contributed by atoms with Crippen LogP contribution in [-0.4, -0.2) is 43.1 Å². The van der Waals surface area contributed by atoms with Crippen LogP contribution in [0.1, 0.15) is 15.4 Å². The summed E-state index contributed by atoms with van der Waals surface area (Å²) in [6, 6.07) is 4.91. The molecule has 128 valence electrons. The number of amides is 1. The van der Waals surface area contributed by atoms with E-state index in [1.54, 1.807) is 29.8 Å². The summed E-state index contributed by atoms with van der Waals surface area (Å²) in [5.74, 6) is -0.395. The lowest BCUT2D eigenvalue weighted by molar-refractivity contribution is 0.0754. The summed E-state index contributed by atoms with van der Waals surface area (Å²) in [6.07, 6.45) is 1.55. The zero-order valence-electron chi connectivity index (χ0n) is 12.1.